The number of ether oxygens (including phenoxy) is 3. The fourth-order valence-corrected chi connectivity index (χ4v) is 5.82. The Morgan fingerprint density at radius 3 is 2.28 bits per heavy atom. The van der Waals surface area contributed by atoms with Gasteiger partial charge in [-0.1, -0.05) is 12.1 Å². The molecule has 2 aliphatic carbocycles. The zero-order valence-corrected chi connectivity index (χ0v) is 27.0. The molecule has 14 nitrogen and oxygen atoms in total. The third-order valence-electron chi connectivity index (χ3n) is 8.18. The number of phenolic OH excluding ortho intramolecular Hbond substituents is 2. The number of fused-ring (bicyclic) bond motifs is 3. The average molecular weight is 823 g/mol. The molecule has 1 fully saturated rings. The second-order valence-corrected chi connectivity index (χ2v) is 11.0. The van der Waals surface area contributed by atoms with E-state index in [9.17, 15) is 39.6 Å². The minimum Gasteiger partial charge on any atom is -0.674 e. The number of Topliss-reactive ketones (excluding diaryl/α,β-unsaturated/α-hetero) is 1. The number of hydrogen-bond acceptors (Lipinski definition) is 12. The molecule has 3 aliphatic rings. The Morgan fingerprint density at radius 2 is 1.74 bits per heavy atom. The summed E-state index contributed by atoms with van der Waals surface area (Å²) in [5, 5.41) is 59.1. The first kappa shape index (κ1) is 36.8. The van der Waals surface area contributed by atoms with E-state index < -0.39 is 101 Å². The molecule has 3 unspecified atom stereocenters. The molecular formula is C31H33NO13Pt. The first-order valence-corrected chi connectivity index (χ1v) is 13.8. The number of carboxylic acid groups (broad SMARTS) is 1. The molecule has 250 valence electrons. The van der Waals surface area contributed by atoms with Crippen LogP contribution in [-0.2, 0) is 46.5 Å². The minimum atomic E-state index is -2.21. The Bertz CT molecular complexity index is 1570. The number of ketones is 3. The van der Waals surface area contributed by atoms with Crippen LogP contribution in [0.1, 0.15) is 68.8 Å². The number of aliphatic hydroxyl groups is 3. The number of nitrogens with one attached hydrogen (secondary N) is 1. The Morgan fingerprint density at radius 1 is 1.13 bits per heavy atom. The fourth-order valence-electron chi connectivity index (χ4n) is 5.82. The van der Waals surface area contributed by atoms with Gasteiger partial charge in [-0.15, -0.1) is 6.04 Å². The molecule has 7 N–H and O–H groups in total. The van der Waals surface area contributed by atoms with Crippen molar-refractivity contribution in [1.29, 1.82) is 0 Å². The van der Waals surface area contributed by atoms with Crippen molar-refractivity contribution in [2.75, 3.05) is 13.7 Å². The Labute approximate surface area is 277 Å². The van der Waals surface area contributed by atoms with Gasteiger partial charge in [-0.25, -0.2) is 4.79 Å². The van der Waals surface area contributed by atoms with Crippen molar-refractivity contribution in [2.45, 2.75) is 56.3 Å². The third kappa shape index (κ3) is 6.46. The summed E-state index contributed by atoms with van der Waals surface area (Å²) in [6, 6.07) is 3.78. The number of carbonyl (C=O) groups is 4. The Hall–Kier alpha value is -3.65. The molecule has 46 heavy (non-hydrogen) atoms. The van der Waals surface area contributed by atoms with E-state index in [-0.39, 0.29) is 61.4 Å². The van der Waals surface area contributed by atoms with Gasteiger partial charge in [-0.05, 0) is 26.0 Å². The van der Waals surface area contributed by atoms with Crippen LogP contribution in [0, 0.1) is 12.8 Å². The maximum absolute atomic E-state index is 13.7. The van der Waals surface area contributed by atoms with E-state index in [0.29, 0.717) is 0 Å². The minimum absolute atomic E-state index is 0. The molecular weight excluding hydrogens is 789 g/mol. The van der Waals surface area contributed by atoms with E-state index in [0.717, 1.165) is 0 Å². The summed E-state index contributed by atoms with van der Waals surface area (Å²) < 4.78 is 17.2. The topological polar surface area (TPSA) is 241 Å². The van der Waals surface area contributed by atoms with Crippen LogP contribution in [0.15, 0.2) is 30.5 Å². The van der Waals surface area contributed by atoms with Gasteiger partial charge in [0, 0.05) is 35.6 Å². The standard InChI is InChI=1S/C28H29NO10.C3H4O3.Pt/c1-11-7-18(38-12(2)23(11)29)39-16-9-28(36,17(31)10-30)8-14-20(16)27(35)22-21(25(14)33)24(32)13-5-4-6-15(37-3)19(13)26(22)34;1-2(4)3(5)6;/h4-6,11-12,16,18,23,29-30,33,35-36H,1,7-10H2,2-3H3;4H,1H2,(H,5,6);/q-2;;+2/t11?,12?,16?,18-,23+,28-;;/m0../s1. The Kier molecular flexibility index (Phi) is 11.2. The number of benzene rings is 2. The van der Waals surface area contributed by atoms with E-state index in [4.69, 9.17) is 30.2 Å². The number of rotatable bonds is 6. The van der Waals surface area contributed by atoms with Gasteiger partial charge < -0.3 is 57.5 Å². The zero-order valence-electron chi connectivity index (χ0n) is 24.7. The largest absolute Gasteiger partial charge is 2.00 e. The van der Waals surface area contributed by atoms with Crippen molar-refractivity contribution < 1.29 is 85.1 Å². The van der Waals surface area contributed by atoms with Crippen LogP contribution in [0.4, 0.5) is 0 Å². The number of hydrogen-bond donors (Lipinski definition) is 6. The molecule has 1 saturated heterocycles. The van der Waals surface area contributed by atoms with Crippen LogP contribution in [-0.4, -0.2) is 91.7 Å². The van der Waals surface area contributed by atoms with Crippen molar-refractivity contribution in [3.63, 3.8) is 0 Å². The summed E-state index contributed by atoms with van der Waals surface area (Å²) in [7, 11) is 1.33. The summed E-state index contributed by atoms with van der Waals surface area (Å²) in [4.78, 5) is 49.1. The maximum atomic E-state index is 13.7. The number of aliphatic hydroxyl groups excluding tert-OH is 2. The number of aromatic hydroxyl groups is 2. The number of carboxylic acids is 1. The molecule has 6 atom stereocenters. The molecule has 0 spiro atoms. The molecule has 0 radical (unpaired) electrons. The summed E-state index contributed by atoms with van der Waals surface area (Å²) in [5.74, 6) is -6.23. The van der Waals surface area contributed by atoms with E-state index in [2.05, 4.69) is 13.5 Å². The second-order valence-electron chi connectivity index (χ2n) is 11.0. The van der Waals surface area contributed by atoms with Crippen LogP contribution >= 0.6 is 0 Å². The molecule has 0 saturated carbocycles. The van der Waals surface area contributed by atoms with E-state index in [1.807, 2.05) is 0 Å². The monoisotopic (exact) mass is 822 g/mol. The molecule has 0 aromatic heterocycles. The number of aliphatic carboxylic acids is 1. The summed E-state index contributed by atoms with van der Waals surface area (Å²) in [6.07, 6.45) is -3.59. The second kappa shape index (κ2) is 14.0. The van der Waals surface area contributed by atoms with Gasteiger partial charge in [0.2, 0.25) is 5.78 Å². The van der Waals surface area contributed by atoms with Crippen molar-refractivity contribution in [1.82, 2.24) is 0 Å². The number of carbonyl (C=O) groups excluding carboxylic acids is 3. The molecule has 1 heterocycles. The van der Waals surface area contributed by atoms with E-state index in [1.54, 1.807) is 6.92 Å². The molecule has 5 rings (SSSR count). The van der Waals surface area contributed by atoms with Gasteiger partial charge in [-0.3, -0.25) is 14.4 Å². The molecule has 0 bridgehead atoms. The fraction of sp³-hybridized carbons (Fsp3) is 0.387. The summed E-state index contributed by atoms with van der Waals surface area (Å²) in [6.45, 7) is 7.36. The predicted molar refractivity (Wildman–Crippen MR) is 154 cm³/mol. The molecule has 0 amide bonds. The predicted octanol–water partition coefficient (Wildman–Crippen LogP) is 2.32. The van der Waals surface area contributed by atoms with Crippen molar-refractivity contribution >= 4 is 23.3 Å². The molecule has 2 aromatic carbocycles. The molecule has 15 heteroatoms. The van der Waals surface area contributed by atoms with Crippen molar-refractivity contribution in [3.05, 3.63) is 76.6 Å². The van der Waals surface area contributed by atoms with Crippen LogP contribution in [0.5, 0.6) is 17.2 Å². The van der Waals surface area contributed by atoms with Crippen LogP contribution < -0.4 is 4.74 Å². The van der Waals surface area contributed by atoms with Crippen LogP contribution in [0.25, 0.3) is 5.73 Å². The van der Waals surface area contributed by atoms with Gasteiger partial charge >= 0.3 is 27.0 Å². The smallest absolute Gasteiger partial charge is 0.674 e. The summed E-state index contributed by atoms with van der Waals surface area (Å²) in [5.41, 5.74) is 4.68. The average Bonchev–Trinajstić information content (AvgIpc) is 2.99. The van der Waals surface area contributed by atoms with Gasteiger partial charge in [0.05, 0.1) is 29.9 Å². The Balaban J connectivity index is 0.000000752. The van der Waals surface area contributed by atoms with E-state index in [1.165, 1.54) is 25.3 Å². The molecule has 2 aromatic rings. The first-order chi connectivity index (χ1) is 21.1. The van der Waals surface area contributed by atoms with Crippen molar-refractivity contribution in [2.24, 2.45) is 5.92 Å². The van der Waals surface area contributed by atoms with Gasteiger partial charge in [-0.2, -0.15) is 5.92 Å². The number of phenols is 2. The first-order valence-electron chi connectivity index (χ1n) is 13.8. The normalized spacial score (nSPS) is 26.3. The molecule has 1 aliphatic heterocycles. The SMILES string of the molecule is C=C(O)C(=O)O.[CH2-]C1C[C@H](OC2C[C@](O)(C(=O)CO)Cc3c(O)c4c(c(O)c32)C(=O)c2c(OC)cccc2C4=O)OC(C)[C@@H]1[NH-].[Pt+2]. The van der Waals surface area contributed by atoms with Gasteiger partial charge in [0.1, 0.15) is 29.5 Å². The summed E-state index contributed by atoms with van der Waals surface area (Å²) >= 11 is 0. The zero-order chi connectivity index (χ0) is 33.5. The third-order valence-corrected chi connectivity index (χ3v) is 8.18. The quantitative estimate of drug-likeness (QED) is 0.0907. The van der Waals surface area contributed by atoms with Gasteiger partial charge in [0.25, 0.3) is 0 Å². The van der Waals surface area contributed by atoms with Crippen molar-refractivity contribution in [3.8, 4) is 17.2 Å². The van der Waals surface area contributed by atoms with Crippen LogP contribution in [0.3, 0.4) is 0 Å². The van der Waals surface area contributed by atoms with Gasteiger partial charge in [0.15, 0.2) is 23.6 Å². The van der Waals surface area contributed by atoms with Crippen LogP contribution in [0.2, 0.25) is 0 Å². The van der Waals surface area contributed by atoms with E-state index >= 15 is 0 Å². The maximum Gasteiger partial charge on any atom is 2.00 e. The number of methoxy groups -OCH3 is 1.